The van der Waals surface area contributed by atoms with Crippen molar-refractivity contribution in [3.8, 4) is 0 Å². The number of hydrogen-bond acceptors (Lipinski definition) is 1. The zero-order chi connectivity index (χ0) is 11.8. The largest absolute Gasteiger partial charge is 0.233 e. The maximum absolute atomic E-state index is 2.33. The number of unbranched alkanes of at least 4 members (excludes halogenated alkanes) is 2. The topological polar surface area (TPSA) is 3.01 Å². The fourth-order valence-corrected chi connectivity index (χ4v) is 3.26. The molecule has 0 aromatic rings. The van der Waals surface area contributed by atoms with Crippen molar-refractivity contribution in [1.82, 2.24) is 0 Å². The van der Waals surface area contributed by atoms with Crippen molar-refractivity contribution < 1.29 is 4.58 Å². The van der Waals surface area contributed by atoms with Gasteiger partial charge in [-0.1, -0.05) is 38.7 Å². The van der Waals surface area contributed by atoms with E-state index in [2.05, 4.69) is 37.1 Å². The first kappa shape index (κ1) is 13.8. The maximum Gasteiger partial charge on any atom is 0.217 e. The molecule has 1 rings (SSSR count). The summed E-state index contributed by atoms with van der Waals surface area (Å²) in [6.07, 6.45) is 11.8. The molecule has 0 aliphatic heterocycles. The summed E-state index contributed by atoms with van der Waals surface area (Å²) < 4.78 is 2.31. The fraction of sp³-hybridized carbons (Fsp3) is 0.786. The lowest BCUT2D eigenvalue weighted by molar-refractivity contribution is -0.463. The SMILES string of the molecule is CCCC/C=C\SC(C1CCCC1)=[N+](C)C. The minimum Gasteiger partial charge on any atom is -0.233 e. The highest BCUT2D eigenvalue weighted by Crippen LogP contribution is 2.30. The highest BCUT2D eigenvalue weighted by molar-refractivity contribution is 8.16. The van der Waals surface area contributed by atoms with Crippen LogP contribution in [-0.2, 0) is 0 Å². The Morgan fingerprint density at radius 2 is 2.00 bits per heavy atom. The molecule has 0 N–H and O–H groups in total. The smallest absolute Gasteiger partial charge is 0.217 e. The number of thioether (sulfide) groups is 1. The molecule has 16 heavy (non-hydrogen) atoms. The van der Waals surface area contributed by atoms with Gasteiger partial charge in [-0.3, -0.25) is 0 Å². The Labute approximate surface area is 105 Å². The second-order valence-electron chi connectivity index (χ2n) is 4.85. The van der Waals surface area contributed by atoms with Crippen molar-refractivity contribution in [3.63, 3.8) is 0 Å². The normalized spacial score (nSPS) is 17.2. The fourth-order valence-electron chi connectivity index (χ4n) is 2.25. The number of allylic oxidation sites excluding steroid dienone is 1. The van der Waals surface area contributed by atoms with Gasteiger partial charge >= 0.3 is 0 Å². The van der Waals surface area contributed by atoms with Crippen LogP contribution in [0.4, 0.5) is 0 Å². The summed E-state index contributed by atoms with van der Waals surface area (Å²) in [6, 6.07) is 0. The van der Waals surface area contributed by atoms with Crippen LogP contribution in [0, 0.1) is 5.92 Å². The molecule has 0 aromatic carbocycles. The summed E-state index contributed by atoms with van der Waals surface area (Å²) in [5, 5.41) is 3.86. The van der Waals surface area contributed by atoms with E-state index in [1.54, 1.807) is 5.04 Å². The van der Waals surface area contributed by atoms with Crippen LogP contribution in [-0.4, -0.2) is 23.7 Å². The average molecular weight is 240 g/mol. The van der Waals surface area contributed by atoms with E-state index in [4.69, 9.17) is 0 Å². The highest BCUT2D eigenvalue weighted by atomic mass is 32.2. The minimum atomic E-state index is 0.829. The predicted octanol–water partition coefficient (Wildman–Crippen LogP) is 4.28. The maximum atomic E-state index is 2.33. The zero-order valence-electron chi connectivity index (χ0n) is 11.0. The Balaban J connectivity index is 2.40. The van der Waals surface area contributed by atoms with Crippen LogP contribution in [0.25, 0.3) is 0 Å². The quantitative estimate of drug-likeness (QED) is 0.300. The van der Waals surface area contributed by atoms with E-state index in [-0.39, 0.29) is 0 Å². The molecule has 0 heterocycles. The van der Waals surface area contributed by atoms with E-state index in [9.17, 15) is 0 Å². The first-order valence-electron chi connectivity index (χ1n) is 6.61. The summed E-state index contributed by atoms with van der Waals surface area (Å²) in [5.74, 6) is 0.829. The summed E-state index contributed by atoms with van der Waals surface area (Å²) in [6.45, 7) is 2.25. The molecule has 0 radical (unpaired) electrons. The molecule has 1 saturated carbocycles. The molecule has 1 fully saturated rings. The van der Waals surface area contributed by atoms with E-state index in [1.807, 2.05) is 11.8 Å². The van der Waals surface area contributed by atoms with Gasteiger partial charge in [0.1, 0.15) is 14.1 Å². The predicted molar refractivity (Wildman–Crippen MR) is 75.3 cm³/mol. The third-order valence-corrected chi connectivity index (χ3v) is 4.42. The van der Waals surface area contributed by atoms with Gasteiger partial charge in [0.05, 0.1) is 5.92 Å². The summed E-state index contributed by atoms with van der Waals surface area (Å²) in [5.41, 5.74) is 0. The number of nitrogens with zero attached hydrogens (tertiary/aromatic N) is 1. The Kier molecular flexibility index (Phi) is 6.86. The van der Waals surface area contributed by atoms with Crippen LogP contribution >= 0.6 is 11.8 Å². The van der Waals surface area contributed by atoms with Crippen molar-refractivity contribution in [2.75, 3.05) is 14.1 Å². The molecule has 0 aromatic heterocycles. The monoisotopic (exact) mass is 240 g/mol. The Morgan fingerprint density at radius 1 is 1.31 bits per heavy atom. The molecule has 2 heteroatoms. The highest BCUT2D eigenvalue weighted by Gasteiger charge is 2.25. The molecule has 0 spiro atoms. The zero-order valence-corrected chi connectivity index (χ0v) is 11.9. The van der Waals surface area contributed by atoms with Gasteiger partial charge in [-0.05, 0) is 36.4 Å². The molecule has 0 unspecified atom stereocenters. The van der Waals surface area contributed by atoms with Crippen molar-refractivity contribution in [3.05, 3.63) is 11.5 Å². The van der Waals surface area contributed by atoms with Gasteiger partial charge < -0.3 is 0 Å². The van der Waals surface area contributed by atoms with Crippen molar-refractivity contribution >= 4 is 16.8 Å². The summed E-state index contributed by atoms with van der Waals surface area (Å²) in [7, 11) is 4.36. The van der Waals surface area contributed by atoms with Crippen LogP contribution in [0.15, 0.2) is 11.5 Å². The first-order valence-corrected chi connectivity index (χ1v) is 7.49. The van der Waals surface area contributed by atoms with Gasteiger partial charge in [0, 0.05) is 0 Å². The minimum absolute atomic E-state index is 0.829. The number of rotatable bonds is 5. The van der Waals surface area contributed by atoms with Gasteiger partial charge in [0.25, 0.3) is 0 Å². The van der Waals surface area contributed by atoms with E-state index in [0.29, 0.717) is 0 Å². The van der Waals surface area contributed by atoms with Gasteiger partial charge in [-0.2, -0.15) is 0 Å². The number of hydrogen-bond donors (Lipinski definition) is 0. The molecular formula is C14H26NS+. The molecule has 92 valence electrons. The molecule has 1 aliphatic carbocycles. The molecular weight excluding hydrogens is 214 g/mol. The molecule has 0 saturated heterocycles. The molecule has 1 aliphatic rings. The lowest BCUT2D eigenvalue weighted by Gasteiger charge is -2.07. The Hall–Kier alpha value is -0.240. The second kappa shape index (κ2) is 7.94. The Morgan fingerprint density at radius 3 is 2.56 bits per heavy atom. The van der Waals surface area contributed by atoms with Gasteiger partial charge in [0.2, 0.25) is 5.04 Å². The van der Waals surface area contributed by atoms with Crippen LogP contribution in [0.5, 0.6) is 0 Å². The van der Waals surface area contributed by atoms with E-state index < -0.39 is 0 Å². The second-order valence-corrected chi connectivity index (χ2v) is 5.77. The van der Waals surface area contributed by atoms with Crippen molar-refractivity contribution in [1.29, 1.82) is 0 Å². The van der Waals surface area contributed by atoms with Gasteiger partial charge in [0.15, 0.2) is 0 Å². The van der Waals surface area contributed by atoms with E-state index in [1.165, 1.54) is 44.9 Å². The van der Waals surface area contributed by atoms with Crippen LogP contribution in [0.3, 0.4) is 0 Å². The van der Waals surface area contributed by atoms with Crippen LogP contribution in [0.2, 0.25) is 0 Å². The lowest BCUT2D eigenvalue weighted by atomic mass is 10.1. The molecule has 1 nitrogen and oxygen atoms in total. The Bertz CT molecular complexity index is 245. The standard InChI is InChI=1S/C14H26NS/c1-4-5-6-9-12-16-14(15(2)3)13-10-7-8-11-13/h9,12-13H,4-8,10-11H2,1-3H3/q+1/b12-9-. The average Bonchev–Trinajstić information content (AvgIpc) is 2.76. The lowest BCUT2D eigenvalue weighted by Crippen LogP contribution is -2.17. The molecule has 0 atom stereocenters. The third-order valence-electron chi connectivity index (χ3n) is 3.15. The van der Waals surface area contributed by atoms with Crippen molar-refractivity contribution in [2.45, 2.75) is 51.9 Å². The van der Waals surface area contributed by atoms with Gasteiger partial charge in [-0.15, -0.1) is 0 Å². The molecule has 0 amide bonds. The summed E-state index contributed by atoms with van der Waals surface area (Å²) in [4.78, 5) is 0. The third kappa shape index (κ3) is 4.73. The van der Waals surface area contributed by atoms with E-state index in [0.717, 1.165) is 5.92 Å². The first-order chi connectivity index (χ1) is 7.75. The van der Waals surface area contributed by atoms with E-state index >= 15 is 0 Å². The summed E-state index contributed by atoms with van der Waals surface area (Å²) >= 11 is 1.94. The van der Waals surface area contributed by atoms with Crippen molar-refractivity contribution in [2.24, 2.45) is 5.92 Å². The molecule has 0 bridgehead atoms. The van der Waals surface area contributed by atoms with Crippen LogP contribution in [0.1, 0.15) is 51.9 Å². The van der Waals surface area contributed by atoms with Gasteiger partial charge in [-0.25, -0.2) is 4.58 Å². The van der Waals surface area contributed by atoms with Crippen LogP contribution < -0.4 is 0 Å².